The monoisotopic (exact) mass is 413 g/mol. The van der Waals surface area contributed by atoms with Gasteiger partial charge >= 0.3 is 5.69 Å². The van der Waals surface area contributed by atoms with E-state index in [1.54, 1.807) is 36.4 Å². The Morgan fingerprint density at radius 1 is 0.966 bits per heavy atom. The molecule has 10 heteroatoms. The molecule has 0 aromatic heterocycles. The number of nitrogens with zero attached hydrogens (tertiary/aromatic N) is 1. The van der Waals surface area contributed by atoms with Crippen LogP contribution in [-0.4, -0.2) is 24.4 Å². The zero-order valence-electron chi connectivity index (χ0n) is 14.8. The molecule has 0 fully saturated rings. The molecule has 0 atom stereocenters. The number of rotatable bonds is 6. The van der Waals surface area contributed by atoms with Crippen LogP contribution in [-0.2, 0) is 10.0 Å². The van der Waals surface area contributed by atoms with Crippen molar-refractivity contribution >= 4 is 33.0 Å². The zero-order chi connectivity index (χ0) is 21.0. The molecule has 0 radical (unpaired) electrons. The van der Waals surface area contributed by atoms with E-state index in [-0.39, 0.29) is 11.3 Å². The number of nitrogens with one attached hydrogen (secondary N) is 2. The Morgan fingerprint density at radius 2 is 1.62 bits per heavy atom. The van der Waals surface area contributed by atoms with Gasteiger partial charge in [0.25, 0.3) is 15.9 Å². The third kappa shape index (κ3) is 4.50. The standard InChI is InChI=1S/C19H15N3O6S/c23-18-11-10-14(12-17(18)22(25)26)29(27,28)21-16-9-5-4-8-15(16)19(24)20-13-6-2-1-3-7-13/h1-12,21,23H,(H,20,24). The first-order valence-electron chi connectivity index (χ1n) is 8.23. The normalized spacial score (nSPS) is 10.9. The van der Waals surface area contributed by atoms with E-state index in [1.165, 1.54) is 18.2 Å². The van der Waals surface area contributed by atoms with Gasteiger partial charge in [0.1, 0.15) is 0 Å². The molecular formula is C19H15N3O6S. The molecule has 0 saturated carbocycles. The Hall–Kier alpha value is -3.92. The molecule has 1 amide bonds. The molecule has 29 heavy (non-hydrogen) atoms. The van der Waals surface area contributed by atoms with Gasteiger partial charge in [0.05, 0.1) is 21.1 Å². The second-order valence-electron chi connectivity index (χ2n) is 5.88. The molecular weight excluding hydrogens is 398 g/mol. The van der Waals surface area contributed by atoms with Gasteiger partial charge in [-0.2, -0.15) is 0 Å². The molecule has 3 aromatic carbocycles. The predicted molar refractivity (Wildman–Crippen MR) is 106 cm³/mol. The molecule has 0 aliphatic heterocycles. The second kappa shape index (κ2) is 7.98. The summed E-state index contributed by atoms with van der Waals surface area (Å²) in [6.45, 7) is 0. The molecule has 3 N–H and O–H groups in total. The van der Waals surface area contributed by atoms with Crippen molar-refractivity contribution in [1.29, 1.82) is 0 Å². The van der Waals surface area contributed by atoms with Crippen molar-refractivity contribution in [2.45, 2.75) is 4.90 Å². The number of nitro benzene ring substituents is 1. The molecule has 0 unspecified atom stereocenters. The smallest absolute Gasteiger partial charge is 0.312 e. The number of aromatic hydroxyl groups is 1. The lowest BCUT2D eigenvalue weighted by molar-refractivity contribution is -0.386. The highest BCUT2D eigenvalue weighted by Crippen LogP contribution is 2.29. The van der Waals surface area contributed by atoms with Crippen LogP contribution in [0, 0.1) is 10.1 Å². The summed E-state index contributed by atoms with van der Waals surface area (Å²) in [5.41, 5.74) is -0.155. The molecule has 0 heterocycles. The van der Waals surface area contributed by atoms with Gasteiger partial charge in [-0.15, -0.1) is 0 Å². The highest BCUT2D eigenvalue weighted by molar-refractivity contribution is 7.92. The fraction of sp³-hybridized carbons (Fsp3) is 0. The third-order valence-electron chi connectivity index (χ3n) is 3.90. The average Bonchev–Trinajstić information content (AvgIpc) is 2.68. The van der Waals surface area contributed by atoms with E-state index in [0.717, 1.165) is 18.2 Å². The Labute approximate surface area is 165 Å². The van der Waals surface area contributed by atoms with Crippen molar-refractivity contribution in [3.05, 3.63) is 88.5 Å². The summed E-state index contributed by atoms with van der Waals surface area (Å²) in [6.07, 6.45) is 0. The number of benzene rings is 3. The number of phenols is 1. The Balaban J connectivity index is 1.91. The Morgan fingerprint density at radius 3 is 2.31 bits per heavy atom. The number of amides is 1. The van der Waals surface area contributed by atoms with Crippen LogP contribution >= 0.6 is 0 Å². The lowest BCUT2D eigenvalue weighted by Crippen LogP contribution is -2.18. The fourth-order valence-corrected chi connectivity index (χ4v) is 3.61. The van der Waals surface area contributed by atoms with Gasteiger partial charge in [0.15, 0.2) is 5.75 Å². The van der Waals surface area contributed by atoms with Crippen molar-refractivity contribution in [3.8, 4) is 5.75 Å². The van der Waals surface area contributed by atoms with E-state index in [4.69, 9.17) is 0 Å². The van der Waals surface area contributed by atoms with E-state index in [9.17, 15) is 28.4 Å². The van der Waals surface area contributed by atoms with Crippen molar-refractivity contribution < 1.29 is 23.2 Å². The van der Waals surface area contributed by atoms with Gasteiger partial charge in [-0.3, -0.25) is 19.6 Å². The number of anilines is 2. The zero-order valence-corrected chi connectivity index (χ0v) is 15.6. The third-order valence-corrected chi connectivity index (χ3v) is 5.26. The van der Waals surface area contributed by atoms with Gasteiger partial charge in [0.2, 0.25) is 0 Å². The number of sulfonamides is 1. The minimum Gasteiger partial charge on any atom is -0.502 e. The predicted octanol–water partition coefficient (Wildman–Crippen LogP) is 3.35. The lowest BCUT2D eigenvalue weighted by atomic mass is 10.1. The van der Waals surface area contributed by atoms with Gasteiger partial charge in [0, 0.05) is 11.8 Å². The summed E-state index contributed by atoms with van der Waals surface area (Å²) < 4.78 is 27.6. The van der Waals surface area contributed by atoms with Gasteiger partial charge in [-0.25, -0.2) is 8.42 Å². The number of hydrogen-bond donors (Lipinski definition) is 3. The van der Waals surface area contributed by atoms with E-state index in [2.05, 4.69) is 10.0 Å². The fourth-order valence-electron chi connectivity index (χ4n) is 2.51. The van der Waals surface area contributed by atoms with Crippen LogP contribution in [0.2, 0.25) is 0 Å². The van der Waals surface area contributed by atoms with Gasteiger partial charge in [-0.05, 0) is 36.4 Å². The first kappa shape index (κ1) is 19.8. The number of carbonyl (C=O) groups excluding carboxylic acids is 1. The molecule has 0 aliphatic rings. The molecule has 3 rings (SSSR count). The summed E-state index contributed by atoms with van der Waals surface area (Å²) in [7, 11) is -4.26. The Kier molecular flexibility index (Phi) is 5.46. The molecule has 0 bridgehead atoms. The first-order chi connectivity index (χ1) is 13.8. The Bertz CT molecular complexity index is 1180. The SMILES string of the molecule is O=C(Nc1ccccc1)c1ccccc1NS(=O)(=O)c1ccc(O)c([N+](=O)[O-])c1. The first-order valence-corrected chi connectivity index (χ1v) is 9.72. The number of para-hydroxylation sites is 2. The largest absolute Gasteiger partial charge is 0.502 e. The van der Waals surface area contributed by atoms with E-state index < -0.39 is 37.2 Å². The topological polar surface area (TPSA) is 139 Å². The van der Waals surface area contributed by atoms with Crippen molar-refractivity contribution in [1.82, 2.24) is 0 Å². The number of phenolic OH excluding ortho intramolecular Hbond substituents is 1. The molecule has 0 aliphatic carbocycles. The van der Waals surface area contributed by atoms with Crippen LogP contribution < -0.4 is 10.0 Å². The van der Waals surface area contributed by atoms with Crippen LogP contribution in [0.25, 0.3) is 0 Å². The highest BCUT2D eigenvalue weighted by Gasteiger charge is 2.23. The maximum absolute atomic E-state index is 12.7. The number of hydrogen-bond acceptors (Lipinski definition) is 6. The second-order valence-corrected chi connectivity index (χ2v) is 7.56. The summed E-state index contributed by atoms with van der Waals surface area (Å²) in [4.78, 5) is 22.2. The van der Waals surface area contributed by atoms with E-state index >= 15 is 0 Å². The molecule has 0 saturated heterocycles. The van der Waals surface area contributed by atoms with Crippen molar-refractivity contribution in [3.63, 3.8) is 0 Å². The summed E-state index contributed by atoms with van der Waals surface area (Å²) in [6, 6.07) is 17.3. The van der Waals surface area contributed by atoms with Crippen LogP contribution in [0.1, 0.15) is 10.4 Å². The summed E-state index contributed by atoms with van der Waals surface area (Å²) >= 11 is 0. The molecule has 3 aromatic rings. The molecule has 9 nitrogen and oxygen atoms in total. The maximum Gasteiger partial charge on any atom is 0.312 e. The lowest BCUT2D eigenvalue weighted by Gasteiger charge is -2.13. The van der Waals surface area contributed by atoms with Crippen molar-refractivity contribution in [2.24, 2.45) is 0 Å². The van der Waals surface area contributed by atoms with Gasteiger partial charge in [-0.1, -0.05) is 30.3 Å². The van der Waals surface area contributed by atoms with E-state index in [1.807, 2.05) is 0 Å². The average molecular weight is 413 g/mol. The minimum absolute atomic E-state index is 0.00309. The van der Waals surface area contributed by atoms with Crippen LogP contribution in [0.15, 0.2) is 77.7 Å². The van der Waals surface area contributed by atoms with Crippen LogP contribution in [0.4, 0.5) is 17.1 Å². The van der Waals surface area contributed by atoms with Crippen LogP contribution in [0.3, 0.4) is 0 Å². The van der Waals surface area contributed by atoms with Crippen LogP contribution in [0.5, 0.6) is 5.75 Å². The quantitative estimate of drug-likeness (QED) is 0.418. The summed E-state index contributed by atoms with van der Waals surface area (Å²) in [5, 5.41) is 23.1. The molecule has 148 valence electrons. The highest BCUT2D eigenvalue weighted by atomic mass is 32.2. The minimum atomic E-state index is -4.26. The number of nitro groups is 1. The van der Waals surface area contributed by atoms with Crippen molar-refractivity contribution in [2.75, 3.05) is 10.0 Å². The van der Waals surface area contributed by atoms with E-state index in [0.29, 0.717) is 5.69 Å². The van der Waals surface area contributed by atoms with Gasteiger partial charge < -0.3 is 10.4 Å². The number of carbonyl (C=O) groups is 1. The molecule has 0 spiro atoms. The summed E-state index contributed by atoms with van der Waals surface area (Å²) in [5.74, 6) is -1.19. The maximum atomic E-state index is 12.7.